The van der Waals surface area contributed by atoms with Crippen LogP contribution in [0.3, 0.4) is 0 Å². The summed E-state index contributed by atoms with van der Waals surface area (Å²) in [6.45, 7) is 3.50. The van der Waals surface area contributed by atoms with Crippen LogP contribution in [0.5, 0.6) is 5.75 Å². The number of aliphatic hydroxyl groups is 1. The third-order valence-electron chi connectivity index (χ3n) is 4.66. The molecule has 1 saturated heterocycles. The molecule has 0 amide bonds. The molecule has 0 aliphatic carbocycles. The molecule has 1 aliphatic rings. The minimum absolute atomic E-state index is 0.0125. The Hall–Kier alpha value is -1.88. The van der Waals surface area contributed by atoms with Gasteiger partial charge in [-0.15, -0.1) is 0 Å². The summed E-state index contributed by atoms with van der Waals surface area (Å²) in [5.74, 6) is 0.736. The van der Waals surface area contributed by atoms with Crippen LogP contribution in [-0.4, -0.2) is 36.4 Å². The summed E-state index contributed by atoms with van der Waals surface area (Å²) >= 11 is 0. The largest absolute Gasteiger partial charge is 0.496 e. The third-order valence-corrected chi connectivity index (χ3v) is 4.66. The number of benzene rings is 2. The molecule has 1 N–H and O–H groups in total. The standard InChI is InChI=1S/C21H27NO3/c1-24-21-10-9-18(12-19(21)16-23)14-22(15-20-8-5-11-25-20)13-17-6-3-2-4-7-17/h2-4,6-7,9-10,12,20,23H,5,8,11,13-16H2,1H3/t20-/m1/s1. The zero-order valence-corrected chi connectivity index (χ0v) is 14.9. The lowest BCUT2D eigenvalue weighted by atomic mass is 10.1. The molecule has 0 aromatic heterocycles. The van der Waals surface area contributed by atoms with Crippen molar-refractivity contribution < 1.29 is 14.6 Å². The van der Waals surface area contributed by atoms with Crippen LogP contribution in [0.1, 0.15) is 29.5 Å². The predicted molar refractivity (Wildman–Crippen MR) is 98.4 cm³/mol. The average molecular weight is 341 g/mol. The van der Waals surface area contributed by atoms with Gasteiger partial charge in [-0.05, 0) is 36.1 Å². The highest BCUT2D eigenvalue weighted by atomic mass is 16.5. The summed E-state index contributed by atoms with van der Waals surface area (Å²) in [6, 6.07) is 16.6. The highest BCUT2D eigenvalue weighted by Gasteiger charge is 2.20. The van der Waals surface area contributed by atoms with E-state index >= 15 is 0 Å². The van der Waals surface area contributed by atoms with E-state index in [2.05, 4.69) is 35.2 Å². The Balaban J connectivity index is 1.73. The smallest absolute Gasteiger partial charge is 0.124 e. The monoisotopic (exact) mass is 341 g/mol. The van der Waals surface area contributed by atoms with Gasteiger partial charge in [-0.1, -0.05) is 36.4 Å². The Morgan fingerprint density at radius 2 is 1.92 bits per heavy atom. The SMILES string of the molecule is COc1ccc(CN(Cc2ccccc2)C[C@H]2CCCO2)cc1CO. The van der Waals surface area contributed by atoms with Crippen molar-refractivity contribution >= 4 is 0 Å². The molecule has 0 bridgehead atoms. The molecule has 25 heavy (non-hydrogen) atoms. The van der Waals surface area contributed by atoms with Gasteiger partial charge in [-0.3, -0.25) is 4.90 Å². The summed E-state index contributed by atoms with van der Waals surface area (Å²) in [7, 11) is 1.63. The Morgan fingerprint density at radius 3 is 2.60 bits per heavy atom. The van der Waals surface area contributed by atoms with Crippen LogP contribution < -0.4 is 4.74 Å². The Kier molecular flexibility index (Phi) is 6.45. The maximum absolute atomic E-state index is 9.56. The van der Waals surface area contributed by atoms with E-state index in [4.69, 9.17) is 9.47 Å². The summed E-state index contributed by atoms with van der Waals surface area (Å²) in [6.07, 6.45) is 2.61. The second-order valence-corrected chi connectivity index (χ2v) is 6.59. The van der Waals surface area contributed by atoms with Gasteiger partial charge in [0.25, 0.3) is 0 Å². The number of methoxy groups -OCH3 is 1. The molecule has 1 aliphatic heterocycles. The second kappa shape index (κ2) is 8.99. The Bertz CT molecular complexity index is 653. The van der Waals surface area contributed by atoms with Gasteiger partial charge in [0.2, 0.25) is 0 Å². The molecule has 0 radical (unpaired) electrons. The average Bonchev–Trinajstić information content (AvgIpc) is 3.15. The minimum atomic E-state index is -0.0125. The fraction of sp³-hybridized carbons (Fsp3) is 0.429. The first-order valence-electron chi connectivity index (χ1n) is 8.93. The van der Waals surface area contributed by atoms with Crippen molar-refractivity contribution in [2.24, 2.45) is 0 Å². The molecule has 1 heterocycles. The van der Waals surface area contributed by atoms with Crippen LogP contribution in [0.25, 0.3) is 0 Å². The fourth-order valence-electron chi connectivity index (χ4n) is 3.41. The van der Waals surface area contributed by atoms with Gasteiger partial charge >= 0.3 is 0 Å². The quantitative estimate of drug-likeness (QED) is 0.799. The van der Waals surface area contributed by atoms with E-state index in [9.17, 15) is 5.11 Å². The lowest BCUT2D eigenvalue weighted by Crippen LogP contribution is -2.31. The lowest BCUT2D eigenvalue weighted by molar-refractivity contribution is 0.0679. The van der Waals surface area contributed by atoms with E-state index in [1.807, 2.05) is 18.2 Å². The topological polar surface area (TPSA) is 41.9 Å². The molecular weight excluding hydrogens is 314 g/mol. The molecule has 4 nitrogen and oxygen atoms in total. The number of hydrogen-bond donors (Lipinski definition) is 1. The van der Waals surface area contributed by atoms with Gasteiger partial charge in [0, 0.05) is 31.8 Å². The van der Waals surface area contributed by atoms with Crippen LogP contribution in [0.4, 0.5) is 0 Å². The highest BCUT2D eigenvalue weighted by molar-refractivity contribution is 5.36. The molecule has 2 aromatic rings. The van der Waals surface area contributed by atoms with Gasteiger partial charge < -0.3 is 14.6 Å². The van der Waals surface area contributed by atoms with E-state index in [0.717, 1.165) is 50.4 Å². The van der Waals surface area contributed by atoms with Gasteiger partial charge in [0.1, 0.15) is 5.75 Å². The number of nitrogens with zero attached hydrogens (tertiary/aromatic N) is 1. The Labute approximate surface area is 150 Å². The fourth-order valence-corrected chi connectivity index (χ4v) is 3.41. The molecule has 3 rings (SSSR count). The van der Waals surface area contributed by atoms with Crippen molar-refractivity contribution in [2.45, 2.75) is 38.6 Å². The van der Waals surface area contributed by atoms with Crippen molar-refractivity contribution in [1.82, 2.24) is 4.90 Å². The highest BCUT2D eigenvalue weighted by Crippen LogP contribution is 2.22. The van der Waals surface area contributed by atoms with E-state index < -0.39 is 0 Å². The summed E-state index contributed by atoms with van der Waals surface area (Å²) < 4.78 is 11.1. The summed E-state index contributed by atoms with van der Waals surface area (Å²) in [5, 5.41) is 9.56. The Morgan fingerprint density at radius 1 is 1.12 bits per heavy atom. The van der Waals surface area contributed by atoms with Crippen LogP contribution >= 0.6 is 0 Å². The van der Waals surface area contributed by atoms with Gasteiger partial charge in [-0.2, -0.15) is 0 Å². The second-order valence-electron chi connectivity index (χ2n) is 6.59. The van der Waals surface area contributed by atoms with Crippen molar-refractivity contribution in [1.29, 1.82) is 0 Å². The summed E-state index contributed by atoms with van der Waals surface area (Å²) in [4.78, 5) is 2.42. The van der Waals surface area contributed by atoms with Crippen LogP contribution in [-0.2, 0) is 24.4 Å². The van der Waals surface area contributed by atoms with Crippen LogP contribution in [0.2, 0.25) is 0 Å². The molecule has 1 atom stereocenters. The first kappa shape index (κ1) is 17.9. The minimum Gasteiger partial charge on any atom is -0.496 e. The maximum atomic E-state index is 9.56. The van der Waals surface area contributed by atoms with Gasteiger partial charge in [0.05, 0.1) is 19.8 Å². The summed E-state index contributed by atoms with van der Waals surface area (Å²) in [5.41, 5.74) is 3.31. The van der Waals surface area contributed by atoms with Crippen molar-refractivity contribution in [2.75, 3.05) is 20.3 Å². The molecule has 2 aromatic carbocycles. The molecular formula is C21H27NO3. The van der Waals surface area contributed by atoms with Crippen molar-refractivity contribution in [3.8, 4) is 5.75 Å². The van der Waals surface area contributed by atoms with Crippen molar-refractivity contribution in [3.63, 3.8) is 0 Å². The van der Waals surface area contributed by atoms with Crippen LogP contribution in [0.15, 0.2) is 48.5 Å². The van der Waals surface area contributed by atoms with E-state index in [0.29, 0.717) is 6.10 Å². The number of aliphatic hydroxyl groups excluding tert-OH is 1. The molecule has 0 unspecified atom stereocenters. The normalized spacial score (nSPS) is 17.2. The van der Waals surface area contributed by atoms with Gasteiger partial charge in [-0.25, -0.2) is 0 Å². The van der Waals surface area contributed by atoms with E-state index in [-0.39, 0.29) is 6.61 Å². The lowest BCUT2D eigenvalue weighted by Gasteiger charge is -2.26. The first-order valence-corrected chi connectivity index (χ1v) is 8.93. The molecule has 0 saturated carbocycles. The zero-order chi connectivity index (χ0) is 17.5. The van der Waals surface area contributed by atoms with E-state index in [1.54, 1.807) is 7.11 Å². The van der Waals surface area contributed by atoms with Gasteiger partial charge in [0.15, 0.2) is 0 Å². The number of hydrogen-bond acceptors (Lipinski definition) is 4. The predicted octanol–water partition coefficient (Wildman–Crippen LogP) is 3.37. The van der Waals surface area contributed by atoms with Crippen molar-refractivity contribution in [3.05, 3.63) is 65.2 Å². The third kappa shape index (κ3) is 5.05. The van der Waals surface area contributed by atoms with E-state index in [1.165, 1.54) is 11.1 Å². The molecule has 134 valence electrons. The number of rotatable bonds is 8. The number of ether oxygens (including phenoxy) is 2. The molecule has 4 heteroatoms. The molecule has 1 fully saturated rings. The molecule has 0 spiro atoms. The zero-order valence-electron chi connectivity index (χ0n) is 14.9. The maximum Gasteiger partial charge on any atom is 0.124 e. The first-order chi connectivity index (χ1) is 12.3. The van der Waals surface area contributed by atoms with Crippen LogP contribution in [0, 0.1) is 0 Å².